The molecule has 6 rings (SSSR count). The van der Waals surface area contributed by atoms with Gasteiger partial charge in [-0.05, 0) is 81.4 Å². The predicted molar refractivity (Wildman–Crippen MR) is 202 cm³/mol. The van der Waals surface area contributed by atoms with E-state index in [-0.39, 0.29) is 36.1 Å². The first-order chi connectivity index (χ1) is 25.7. The zero-order valence-electron chi connectivity index (χ0n) is 30.9. The number of aromatic hydroxyl groups is 1. The topological polar surface area (TPSA) is 135 Å². The summed E-state index contributed by atoms with van der Waals surface area (Å²) in [6, 6.07) is 13.2. The van der Waals surface area contributed by atoms with Gasteiger partial charge in [-0.3, -0.25) is 14.5 Å². The number of amides is 4. The minimum absolute atomic E-state index is 0.00626. The monoisotopic (exact) mass is 730 g/mol. The van der Waals surface area contributed by atoms with Crippen molar-refractivity contribution in [1.82, 2.24) is 24.5 Å². The number of piperazine rings is 1. The molecule has 0 aliphatic carbocycles. The molecule has 1 atom stereocenters. The largest absolute Gasteiger partial charge is 0.507 e. The lowest BCUT2D eigenvalue weighted by Crippen LogP contribution is -2.56. The highest BCUT2D eigenvalue weighted by Crippen LogP contribution is 2.26. The van der Waals surface area contributed by atoms with Crippen LogP contribution in [0.2, 0.25) is 0 Å². The number of anilines is 1. The summed E-state index contributed by atoms with van der Waals surface area (Å²) in [5, 5.41) is 13.3. The lowest BCUT2D eigenvalue weighted by molar-refractivity contribution is -0.144. The molecule has 4 amide bonds. The summed E-state index contributed by atoms with van der Waals surface area (Å²) >= 11 is 0. The van der Waals surface area contributed by atoms with Crippen molar-refractivity contribution >= 4 is 35.8 Å². The van der Waals surface area contributed by atoms with E-state index < -0.39 is 12.2 Å². The van der Waals surface area contributed by atoms with E-state index in [1.165, 1.54) is 0 Å². The summed E-state index contributed by atoms with van der Waals surface area (Å²) in [6.07, 6.45) is 4.58. The smallest absolute Gasteiger partial charge is 0.410 e. The molecule has 4 aliphatic rings. The molecule has 13 nitrogen and oxygen atoms in total. The number of rotatable bonds is 11. The summed E-state index contributed by atoms with van der Waals surface area (Å²) in [6.45, 7) is 12.6. The van der Waals surface area contributed by atoms with Crippen LogP contribution < -0.4 is 5.32 Å². The van der Waals surface area contributed by atoms with E-state index in [0.29, 0.717) is 76.7 Å². The third-order valence-electron chi connectivity index (χ3n) is 11.2. The Bertz CT molecular complexity index is 1610. The van der Waals surface area contributed by atoms with E-state index in [4.69, 9.17) is 9.47 Å². The number of likely N-dealkylation sites (tertiary alicyclic amines) is 2. The average Bonchev–Trinajstić information content (AvgIpc) is 3.35. The second-order valence-electron chi connectivity index (χ2n) is 14.4. The number of nitrogens with one attached hydrogen (secondary N) is 1. The van der Waals surface area contributed by atoms with Crippen LogP contribution in [-0.2, 0) is 31.9 Å². The number of ether oxygens (including phenoxy) is 2. The summed E-state index contributed by atoms with van der Waals surface area (Å²) in [5.74, 6) is -0.286. The molecule has 3 saturated heterocycles. The molecule has 4 aliphatic heterocycles. The molecule has 286 valence electrons. The number of hydrogen-bond donors (Lipinski definition) is 2. The van der Waals surface area contributed by atoms with Crippen LogP contribution in [0.5, 0.6) is 5.75 Å². The number of benzene rings is 2. The molecule has 2 aromatic rings. The molecule has 0 aromatic heterocycles. The highest BCUT2D eigenvalue weighted by atomic mass is 16.6. The van der Waals surface area contributed by atoms with E-state index in [0.717, 1.165) is 62.3 Å². The van der Waals surface area contributed by atoms with E-state index >= 15 is 0 Å². The van der Waals surface area contributed by atoms with E-state index in [1.54, 1.807) is 34.1 Å². The molecule has 0 saturated carbocycles. The minimum Gasteiger partial charge on any atom is -0.507 e. The normalized spacial score (nSPS) is 19.9. The Morgan fingerprint density at radius 3 is 2.36 bits per heavy atom. The summed E-state index contributed by atoms with van der Waals surface area (Å²) in [7, 11) is 0. The van der Waals surface area contributed by atoms with Crippen molar-refractivity contribution in [2.24, 2.45) is 0 Å². The number of piperidine rings is 2. The van der Waals surface area contributed by atoms with Crippen molar-refractivity contribution in [2.75, 3.05) is 77.4 Å². The van der Waals surface area contributed by atoms with Crippen molar-refractivity contribution in [3.05, 3.63) is 65.7 Å². The first-order valence-electron chi connectivity index (χ1n) is 19.2. The Morgan fingerprint density at radius 1 is 0.925 bits per heavy atom. The Kier molecular flexibility index (Phi) is 12.9. The zero-order valence-corrected chi connectivity index (χ0v) is 30.9. The number of phenols is 1. The van der Waals surface area contributed by atoms with Crippen LogP contribution in [0.3, 0.4) is 0 Å². The highest BCUT2D eigenvalue weighted by molar-refractivity contribution is 5.91. The van der Waals surface area contributed by atoms with Crippen LogP contribution in [0.25, 0.3) is 6.08 Å². The number of fused-ring (bicyclic) bond motifs is 1. The SMILES string of the molecule is C=Cc1cc(C[C@@H](OC(=O)N2CCC(N3CCc4ccccc4NC3=O)CC2)C(=O)N2CCN(C3CCN(CCC(=O)OCC)CC3)CC2)ccc1O. The fourth-order valence-corrected chi connectivity index (χ4v) is 8.08. The number of hydrogen-bond acceptors (Lipinski definition) is 9. The first-order valence-corrected chi connectivity index (χ1v) is 19.2. The molecule has 0 unspecified atom stereocenters. The van der Waals surface area contributed by atoms with Crippen LogP contribution in [0, 0.1) is 0 Å². The molecule has 2 aromatic carbocycles. The molecule has 3 fully saturated rings. The lowest BCUT2D eigenvalue weighted by atomic mass is 10.0. The van der Waals surface area contributed by atoms with Crippen LogP contribution in [0.15, 0.2) is 49.0 Å². The second kappa shape index (κ2) is 17.9. The van der Waals surface area contributed by atoms with Crippen molar-refractivity contribution in [1.29, 1.82) is 0 Å². The van der Waals surface area contributed by atoms with Crippen molar-refractivity contribution in [3.63, 3.8) is 0 Å². The molecule has 53 heavy (non-hydrogen) atoms. The molecule has 0 bridgehead atoms. The fourth-order valence-electron chi connectivity index (χ4n) is 8.08. The van der Waals surface area contributed by atoms with Gasteiger partial charge in [0.15, 0.2) is 6.10 Å². The molecule has 13 heteroatoms. The summed E-state index contributed by atoms with van der Waals surface area (Å²) in [4.78, 5) is 62.8. The predicted octanol–water partition coefficient (Wildman–Crippen LogP) is 4.20. The number of para-hydroxylation sites is 1. The minimum atomic E-state index is -1.04. The molecule has 0 spiro atoms. The molecular formula is C40H54N6O7. The number of carbonyl (C=O) groups excluding carboxylic acids is 4. The van der Waals surface area contributed by atoms with Gasteiger partial charge in [0.05, 0.1) is 13.0 Å². The van der Waals surface area contributed by atoms with Gasteiger partial charge in [0.25, 0.3) is 5.91 Å². The quantitative estimate of drug-likeness (QED) is 0.327. The molecule has 2 N–H and O–H groups in total. The van der Waals surface area contributed by atoms with Crippen molar-refractivity contribution in [2.45, 2.75) is 70.1 Å². The van der Waals surface area contributed by atoms with Gasteiger partial charge in [-0.1, -0.05) is 36.9 Å². The standard InChI is InChI=1S/C40H54N6O7/c1-3-30-27-29(9-10-35(30)47)28-36(38(49)44-25-23-43(24-26-44)32-12-17-42(18-13-32)19-16-37(48)52-4-2)53-40(51)45-20-14-33(15-21-45)46-22-11-31-7-5-6-8-34(31)41-39(46)50/h3,5-10,27,32-33,36,47H,1,4,11-26,28H2,2H3,(H,41,50)/t36-/m1/s1. The number of urea groups is 1. The maximum absolute atomic E-state index is 14.1. The summed E-state index contributed by atoms with van der Waals surface area (Å²) in [5.41, 5.74) is 3.25. The Labute approximate surface area is 312 Å². The zero-order chi connectivity index (χ0) is 37.3. The average molecular weight is 731 g/mol. The molecule has 0 radical (unpaired) electrons. The van der Waals surface area contributed by atoms with Gasteiger partial charge in [0, 0.05) is 82.1 Å². The Balaban J connectivity index is 1.03. The molecular weight excluding hydrogens is 676 g/mol. The molecule has 4 heterocycles. The van der Waals surface area contributed by atoms with Crippen LogP contribution in [-0.4, -0.2) is 144 Å². The van der Waals surface area contributed by atoms with E-state index in [9.17, 15) is 24.3 Å². The highest BCUT2D eigenvalue weighted by Gasteiger charge is 2.36. The van der Waals surface area contributed by atoms with Crippen molar-refractivity contribution in [3.8, 4) is 5.75 Å². The van der Waals surface area contributed by atoms with Gasteiger partial charge >= 0.3 is 18.1 Å². The first kappa shape index (κ1) is 38.1. The van der Waals surface area contributed by atoms with E-state index in [1.807, 2.05) is 36.1 Å². The van der Waals surface area contributed by atoms with E-state index in [2.05, 4.69) is 21.7 Å². The maximum atomic E-state index is 14.1. The van der Waals surface area contributed by atoms with Gasteiger partial charge in [-0.15, -0.1) is 0 Å². The Morgan fingerprint density at radius 2 is 1.64 bits per heavy atom. The maximum Gasteiger partial charge on any atom is 0.410 e. The number of nitrogens with zero attached hydrogens (tertiary/aromatic N) is 5. The van der Waals surface area contributed by atoms with Crippen LogP contribution >= 0.6 is 0 Å². The van der Waals surface area contributed by atoms with Gasteiger partial charge in [-0.25, -0.2) is 9.59 Å². The van der Waals surface area contributed by atoms with Gasteiger partial charge in [0.2, 0.25) is 0 Å². The fraction of sp³-hybridized carbons (Fsp3) is 0.550. The number of carbonyl (C=O) groups is 4. The number of phenolic OH excluding ortho intramolecular Hbond substituents is 1. The Hall–Kier alpha value is -4.62. The summed E-state index contributed by atoms with van der Waals surface area (Å²) < 4.78 is 11.1. The number of esters is 1. The van der Waals surface area contributed by atoms with Crippen LogP contribution in [0.1, 0.15) is 55.7 Å². The van der Waals surface area contributed by atoms with Crippen molar-refractivity contribution < 1.29 is 33.8 Å². The lowest BCUT2D eigenvalue weighted by Gasteiger charge is -2.43. The third-order valence-corrected chi connectivity index (χ3v) is 11.2. The second-order valence-corrected chi connectivity index (χ2v) is 14.4. The van der Waals surface area contributed by atoms with Gasteiger partial charge < -0.3 is 39.5 Å². The van der Waals surface area contributed by atoms with Crippen LogP contribution in [0.4, 0.5) is 15.3 Å². The van der Waals surface area contributed by atoms with Gasteiger partial charge in [-0.2, -0.15) is 0 Å². The third kappa shape index (κ3) is 9.68. The van der Waals surface area contributed by atoms with Gasteiger partial charge in [0.1, 0.15) is 5.75 Å².